The van der Waals surface area contributed by atoms with Crippen LogP contribution in [0.2, 0.25) is 0 Å². The Hall–Kier alpha value is -1.37. The number of benzene rings is 2. The SMILES string of the molecule is CCCCCCCCCCc1ccccc1P(=O)(O)c1ccccc1. The molecular formula is C22H31O2P. The van der Waals surface area contributed by atoms with E-state index >= 15 is 0 Å². The van der Waals surface area contributed by atoms with Gasteiger partial charge in [0, 0.05) is 10.6 Å². The van der Waals surface area contributed by atoms with Crippen molar-refractivity contribution in [2.45, 2.75) is 64.7 Å². The van der Waals surface area contributed by atoms with Crippen LogP contribution in [0.25, 0.3) is 0 Å². The maximum Gasteiger partial charge on any atom is 0.259 e. The van der Waals surface area contributed by atoms with E-state index in [4.69, 9.17) is 0 Å². The van der Waals surface area contributed by atoms with E-state index in [0.29, 0.717) is 10.6 Å². The molecule has 1 atom stereocenters. The number of rotatable bonds is 11. The molecule has 2 aromatic carbocycles. The van der Waals surface area contributed by atoms with Gasteiger partial charge in [-0.1, -0.05) is 88.3 Å². The summed E-state index contributed by atoms with van der Waals surface area (Å²) in [5.74, 6) is 0. The van der Waals surface area contributed by atoms with Gasteiger partial charge in [0.2, 0.25) is 0 Å². The highest BCUT2D eigenvalue weighted by Gasteiger charge is 2.26. The fourth-order valence-electron chi connectivity index (χ4n) is 3.24. The predicted molar refractivity (Wildman–Crippen MR) is 108 cm³/mol. The Morgan fingerprint density at radius 1 is 0.760 bits per heavy atom. The lowest BCUT2D eigenvalue weighted by atomic mass is 10.0. The normalized spacial score (nSPS) is 13.5. The van der Waals surface area contributed by atoms with Gasteiger partial charge in [-0.3, -0.25) is 4.57 Å². The van der Waals surface area contributed by atoms with Crippen molar-refractivity contribution in [2.75, 3.05) is 0 Å². The summed E-state index contributed by atoms with van der Waals surface area (Å²) < 4.78 is 13.0. The zero-order valence-corrected chi connectivity index (χ0v) is 16.3. The molecular weight excluding hydrogens is 327 g/mol. The molecule has 0 aliphatic rings. The van der Waals surface area contributed by atoms with Gasteiger partial charge < -0.3 is 4.89 Å². The van der Waals surface area contributed by atoms with E-state index in [1.54, 1.807) is 12.1 Å². The van der Waals surface area contributed by atoms with Crippen LogP contribution in [-0.2, 0) is 11.0 Å². The monoisotopic (exact) mass is 358 g/mol. The Labute approximate surface area is 152 Å². The quantitative estimate of drug-likeness (QED) is 0.420. The zero-order chi connectivity index (χ0) is 18.0. The molecule has 2 nitrogen and oxygen atoms in total. The van der Waals surface area contributed by atoms with Crippen LogP contribution in [0.1, 0.15) is 63.9 Å². The summed E-state index contributed by atoms with van der Waals surface area (Å²) in [6, 6.07) is 16.6. The van der Waals surface area contributed by atoms with Crippen LogP contribution < -0.4 is 10.6 Å². The Morgan fingerprint density at radius 2 is 1.32 bits per heavy atom. The first-order chi connectivity index (χ1) is 12.2. The largest absolute Gasteiger partial charge is 0.338 e. The summed E-state index contributed by atoms with van der Waals surface area (Å²) in [6.45, 7) is 2.24. The molecule has 0 saturated carbocycles. The summed E-state index contributed by atoms with van der Waals surface area (Å²) in [7, 11) is -3.51. The first kappa shape index (κ1) is 19.9. The van der Waals surface area contributed by atoms with E-state index in [1.807, 2.05) is 42.5 Å². The van der Waals surface area contributed by atoms with Gasteiger partial charge in [-0.25, -0.2) is 0 Å². The minimum atomic E-state index is -3.51. The molecule has 0 amide bonds. The Balaban J connectivity index is 1.92. The van der Waals surface area contributed by atoms with Crippen molar-refractivity contribution < 1.29 is 9.46 Å². The summed E-state index contributed by atoms with van der Waals surface area (Å²) >= 11 is 0. The van der Waals surface area contributed by atoms with E-state index in [2.05, 4.69) is 6.92 Å². The minimum Gasteiger partial charge on any atom is -0.338 e. The Bertz CT molecular complexity index is 667. The molecule has 0 aromatic heterocycles. The third kappa shape index (κ3) is 6.13. The Kier molecular flexibility index (Phi) is 8.44. The molecule has 0 aliphatic heterocycles. The smallest absolute Gasteiger partial charge is 0.259 e. The molecule has 0 saturated heterocycles. The third-order valence-corrected chi connectivity index (χ3v) is 6.81. The molecule has 0 bridgehead atoms. The highest BCUT2D eigenvalue weighted by atomic mass is 31.2. The maximum atomic E-state index is 13.0. The molecule has 0 aliphatic carbocycles. The van der Waals surface area contributed by atoms with Crippen molar-refractivity contribution in [1.82, 2.24) is 0 Å². The lowest BCUT2D eigenvalue weighted by molar-refractivity contribution is 0.500. The zero-order valence-electron chi connectivity index (χ0n) is 15.4. The summed E-state index contributed by atoms with van der Waals surface area (Å²) in [5.41, 5.74) is 1.02. The molecule has 25 heavy (non-hydrogen) atoms. The van der Waals surface area contributed by atoms with E-state index < -0.39 is 7.37 Å². The average Bonchev–Trinajstić information content (AvgIpc) is 2.65. The van der Waals surface area contributed by atoms with Gasteiger partial charge in [-0.15, -0.1) is 0 Å². The van der Waals surface area contributed by atoms with Gasteiger partial charge in [0.25, 0.3) is 7.37 Å². The van der Waals surface area contributed by atoms with E-state index in [9.17, 15) is 9.46 Å². The van der Waals surface area contributed by atoms with Crippen molar-refractivity contribution in [1.29, 1.82) is 0 Å². The second-order valence-corrected chi connectivity index (χ2v) is 8.92. The topological polar surface area (TPSA) is 37.3 Å². The van der Waals surface area contributed by atoms with Crippen molar-refractivity contribution in [3.63, 3.8) is 0 Å². The molecule has 2 aromatic rings. The van der Waals surface area contributed by atoms with Crippen LogP contribution in [0.5, 0.6) is 0 Å². The number of aryl methyl sites for hydroxylation is 1. The van der Waals surface area contributed by atoms with Crippen LogP contribution in [0.4, 0.5) is 0 Å². The third-order valence-electron chi connectivity index (χ3n) is 4.72. The van der Waals surface area contributed by atoms with Crippen molar-refractivity contribution in [3.8, 4) is 0 Å². The van der Waals surface area contributed by atoms with E-state index in [1.165, 1.54) is 44.9 Å². The van der Waals surface area contributed by atoms with Crippen LogP contribution in [0, 0.1) is 0 Å². The highest BCUT2D eigenvalue weighted by Crippen LogP contribution is 2.39. The van der Waals surface area contributed by atoms with Gasteiger partial charge in [-0.05, 0) is 36.6 Å². The average molecular weight is 358 g/mol. The molecule has 0 spiro atoms. The molecule has 3 heteroatoms. The predicted octanol–water partition coefficient (Wildman–Crippen LogP) is 5.59. The van der Waals surface area contributed by atoms with Gasteiger partial charge in [0.1, 0.15) is 0 Å². The van der Waals surface area contributed by atoms with Crippen LogP contribution in [0.15, 0.2) is 54.6 Å². The van der Waals surface area contributed by atoms with Gasteiger partial charge in [-0.2, -0.15) is 0 Å². The standard InChI is InChI=1S/C22H31O2P/c1-2-3-4-5-6-7-8-10-15-20-16-13-14-19-22(20)25(23,24)21-17-11-9-12-18-21/h9,11-14,16-19H,2-8,10,15H2,1H3,(H,23,24). The van der Waals surface area contributed by atoms with Crippen molar-refractivity contribution in [3.05, 3.63) is 60.2 Å². The molecule has 0 heterocycles. The van der Waals surface area contributed by atoms with Crippen LogP contribution >= 0.6 is 7.37 Å². The van der Waals surface area contributed by atoms with Crippen LogP contribution in [0.3, 0.4) is 0 Å². The van der Waals surface area contributed by atoms with Crippen molar-refractivity contribution in [2.24, 2.45) is 0 Å². The fraction of sp³-hybridized carbons (Fsp3) is 0.455. The summed E-state index contributed by atoms with van der Waals surface area (Å²) in [4.78, 5) is 10.7. The molecule has 0 fully saturated rings. The second-order valence-electron chi connectivity index (χ2n) is 6.77. The van der Waals surface area contributed by atoms with Gasteiger partial charge in [0.05, 0.1) is 0 Å². The first-order valence-corrected chi connectivity index (χ1v) is 11.3. The maximum absolute atomic E-state index is 13.0. The van der Waals surface area contributed by atoms with Crippen LogP contribution in [-0.4, -0.2) is 4.89 Å². The number of hydrogen-bond donors (Lipinski definition) is 1. The number of unbranched alkanes of at least 4 members (excludes halogenated alkanes) is 7. The highest BCUT2D eigenvalue weighted by molar-refractivity contribution is 7.73. The van der Waals surface area contributed by atoms with E-state index in [-0.39, 0.29) is 0 Å². The summed E-state index contributed by atoms with van der Waals surface area (Å²) in [6.07, 6.45) is 11.1. The van der Waals surface area contributed by atoms with Crippen molar-refractivity contribution >= 4 is 18.0 Å². The minimum absolute atomic E-state index is 0.512. The lowest BCUT2D eigenvalue weighted by Gasteiger charge is -2.16. The lowest BCUT2D eigenvalue weighted by Crippen LogP contribution is -2.19. The van der Waals surface area contributed by atoms with Gasteiger partial charge >= 0.3 is 0 Å². The number of hydrogen-bond acceptors (Lipinski definition) is 1. The van der Waals surface area contributed by atoms with E-state index in [0.717, 1.165) is 18.4 Å². The molecule has 1 N–H and O–H groups in total. The van der Waals surface area contributed by atoms with Gasteiger partial charge in [0.15, 0.2) is 0 Å². The first-order valence-electron chi connectivity index (χ1n) is 9.63. The molecule has 0 radical (unpaired) electrons. The molecule has 1 unspecified atom stereocenters. The molecule has 136 valence electrons. The fourth-order valence-corrected chi connectivity index (χ4v) is 4.95. The molecule has 2 rings (SSSR count). The Morgan fingerprint density at radius 3 is 2.00 bits per heavy atom. The summed E-state index contributed by atoms with van der Waals surface area (Å²) in [5, 5.41) is 1.11. The second kappa shape index (κ2) is 10.6.